The zero-order valence-corrected chi connectivity index (χ0v) is 25.4. The molecule has 4 rings (SSSR count). The number of halogens is 4. The zero-order chi connectivity index (χ0) is 32.1. The topological polar surface area (TPSA) is 105 Å². The molecule has 1 amide bonds. The number of anilines is 2. The first-order valence-corrected chi connectivity index (χ1v) is 15.9. The molecule has 0 radical (unpaired) electrons. The summed E-state index contributed by atoms with van der Waals surface area (Å²) in [6.07, 6.45) is -3.97. The Morgan fingerprint density at radius 1 is 1.16 bits per heavy atom. The van der Waals surface area contributed by atoms with Crippen molar-refractivity contribution in [1.29, 1.82) is 0 Å². The predicted octanol–water partition coefficient (Wildman–Crippen LogP) is 3.90. The molecule has 2 aromatic carbocycles. The van der Waals surface area contributed by atoms with E-state index >= 15 is 0 Å². The molecule has 2 heterocycles. The molecular formula is C30H35F4N5O4S. The van der Waals surface area contributed by atoms with Crippen LogP contribution in [0.4, 0.5) is 28.9 Å². The normalized spacial score (nSPS) is 17.5. The standard InChI is InChI=1S/C30H35F4N5O4S/c1-38-14-11-25(23(31)18-38)37-24-7-4-8-27-22(24)17-21(39(27)19-30(32,33)34)6-5-12-35-26-10-9-20(16-28(26)43-2)29(40)36-13-15-44(3,41)42/h4,7-10,16-17,23,25,35,37H,11-15,18-19H2,1-3H3,(H,36,40)/t23-,25+/m0/s1. The van der Waals surface area contributed by atoms with Crippen molar-refractivity contribution in [2.24, 2.45) is 0 Å². The number of nitrogens with zero attached hydrogens (tertiary/aromatic N) is 2. The Bertz CT molecular complexity index is 1660. The molecule has 0 bridgehead atoms. The summed E-state index contributed by atoms with van der Waals surface area (Å²) in [6, 6.07) is 10.7. The monoisotopic (exact) mass is 637 g/mol. The van der Waals surface area contributed by atoms with Gasteiger partial charge in [-0.1, -0.05) is 12.0 Å². The van der Waals surface area contributed by atoms with Crippen LogP contribution >= 0.6 is 0 Å². The van der Waals surface area contributed by atoms with Crippen LogP contribution < -0.4 is 20.7 Å². The van der Waals surface area contributed by atoms with Gasteiger partial charge in [-0.05, 0) is 55.8 Å². The lowest BCUT2D eigenvalue weighted by Gasteiger charge is -2.33. The van der Waals surface area contributed by atoms with Gasteiger partial charge in [-0.15, -0.1) is 0 Å². The fourth-order valence-electron chi connectivity index (χ4n) is 4.99. The van der Waals surface area contributed by atoms with E-state index in [1.165, 1.54) is 19.2 Å². The quantitative estimate of drug-likeness (QED) is 0.229. The average molecular weight is 638 g/mol. The van der Waals surface area contributed by atoms with Crippen molar-refractivity contribution in [3.63, 3.8) is 0 Å². The van der Waals surface area contributed by atoms with E-state index in [4.69, 9.17) is 4.74 Å². The lowest BCUT2D eigenvalue weighted by atomic mass is 10.0. The summed E-state index contributed by atoms with van der Waals surface area (Å²) >= 11 is 0. The number of rotatable bonds is 10. The maximum absolute atomic E-state index is 14.7. The van der Waals surface area contributed by atoms with Gasteiger partial charge in [0.25, 0.3) is 5.91 Å². The molecule has 238 valence electrons. The van der Waals surface area contributed by atoms with Gasteiger partial charge >= 0.3 is 6.18 Å². The number of aromatic nitrogens is 1. The highest BCUT2D eigenvalue weighted by Gasteiger charge is 2.31. The van der Waals surface area contributed by atoms with Crippen LogP contribution in [0.25, 0.3) is 10.9 Å². The summed E-state index contributed by atoms with van der Waals surface area (Å²) in [5, 5.41) is 9.30. The molecule has 1 aromatic heterocycles. The molecule has 0 saturated carbocycles. The van der Waals surface area contributed by atoms with Crippen molar-refractivity contribution in [2.75, 3.05) is 63.0 Å². The van der Waals surface area contributed by atoms with Crippen LogP contribution in [-0.4, -0.2) is 94.5 Å². The first kappa shape index (κ1) is 32.9. The molecule has 2 atom stereocenters. The van der Waals surface area contributed by atoms with Gasteiger partial charge in [0.15, 0.2) is 0 Å². The van der Waals surface area contributed by atoms with Crippen LogP contribution in [0.3, 0.4) is 0 Å². The number of methoxy groups -OCH3 is 1. The molecule has 1 saturated heterocycles. The molecule has 44 heavy (non-hydrogen) atoms. The number of hydrogen-bond acceptors (Lipinski definition) is 7. The summed E-state index contributed by atoms with van der Waals surface area (Å²) in [7, 11) is 0.0327. The van der Waals surface area contributed by atoms with Gasteiger partial charge in [0.05, 0.1) is 42.3 Å². The van der Waals surface area contributed by atoms with E-state index in [2.05, 4.69) is 27.8 Å². The van der Waals surface area contributed by atoms with Crippen molar-refractivity contribution in [3.05, 3.63) is 53.7 Å². The van der Waals surface area contributed by atoms with Gasteiger partial charge in [0.1, 0.15) is 28.3 Å². The third-order valence-corrected chi connectivity index (χ3v) is 8.12. The second-order valence-electron chi connectivity index (χ2n) is 10.7. The average Bonchev–Trinajstić information content (AvgIpc) is 3.28. The highest BCUT2D eigenvalue weighted by atomic mass is 32.2. The van der Waals surface area contributed by atoms with Crippen LogP contribution in [0.5, 0.6) is 5.75 Å². The summed E-state index contributed by atoms with van der Waals surface area (Å²) in [5.74, 6) is 5.35. The van der Waals surface area contributed by atoms with Crippen molar-refractivity contribution < 1.29 is 35.5 Å². The third-order valence-electron chi connectivity index (χ3n) is 7.17. The number of benzene rings is 2. The van der Waals surface area contributed by atoms with E-state index in [9.17, 15) is 30.8 Å². The van der Waals surface area contributed by atoms with E-state index in [0.29, 0.717) is 41.0 Å². The second-order valence-corrected chi connectivity index (χ2v) is 13.0. The summed E-state index contributed by atoms with van der Waals surface area (Å²) in [5.41, 5.74) is 1.79. The number of piperidine rings is 1. The minimum absolute atomic E-state index is 0.0350. The van der Waals surface area contributed by atoms with E-state index in [-0.39, 0.29) is 36.6 Å². The number of amides is 1. The number of likely N-dealkylation sites (tertiary alicyclic amines) is 1. The molecule has 1 aliphatic rings. The molecular weight excluding hydrogens is 602 g/mol. The van der Waals surface area contributed by atoms with Crippen molar-refractivity contribution in [3.8, 4) is 17.6 Å². The largest absolute Gasteiger partial charge is 0.495 e. The molecule has 1 aliphatic heterocycles. The lowest BCUT2D eigenvalue weighted by molar-refractivity contribution is -0.140. The zero-order valence-electron chi connectivity index (χ0n) is 24.6. The number of carbonyl (C=O) groups is 1. The van der Waals surface area contributed by atoms with E-state index in [1.54, 1.807) is 30.3 Å². The number of nitrogens with one attached hydrogen (secondary N) is 3. The summed E-state index contributed by atoms with van der Waals surface area (Å²) < 4.78 is 84.5. The van der Waals surface area contributed by atoms with Crippen LogP contribution in [-0.2, 0) is 16.4 Å². The first-order chi connectivity index (χ1) is 20.7. The molecule has 14 heteroatoms. The fraction of sp³-hybridized carbons (Fsp3) is 0.433. The van der Waals surface area contributed by atoms with Crippen LogP contribution in [0.15, 0.2) is 42.5 Å². The molecule has 3 N–H and O–H groups in total. The van der Waals surface area contributed by atoms with Gasteiger partial charge in [-0.3, -0.25) is 4.79 Å². The molecule has 0 unspecified atom stereocenters. The minimum Gasteiger partial charge on any atom is -0.495 e. The number of ether oxygens (including phenoxy) is 1. The Hall–Kier alpha value is -3.96. The Morgan fingerprint density at radius 2 is 1.93 bits per heavy atom. The highest BCUT2D eigenvalue weighted by Crippen LogP contribution is 2.32. The number of hydrogen-bond donors (Lipinski definition) is 3. The van der Waals surface area contributed by atoms with E-state index in [0.717, 1.165) is 10.8 Å². The van der Waals surface area contributed by atoms with Crippen molar-refractivity contribution >= 4 is 38.0 Å². The summed E-state index contributed by atoms with van der Waals surface area (Å²) in [4.78, 5) is 14.3. The maximum atomic E-state index is 14.7. The number of carbonyl (C=O) groups excluding carboxylic acids is 1. The summed E-state index contributed by atoms with van der Waals surface area (Å²) in [6.45, 7) is -0.239. The lowest BCUT2D eigenvalue weighted by Crippen LogP contribution is -2.46. The Balaban J connectivity index is 1.52. The van der Waals surface area contributed by atoms with Gasteiger partial charge < -0.3 is 30.2 Å². The number of alkyl halides is 4. The van der Waals surface area contributed by atoms with Gasteiger partial charge in [0, 0.05) is 42.5 Å². The number of fused-ring (bicyclic) bond motifs is 1. The van der Waals surface area contributed by atoms with Gasteiger partial charge in [0.2, 0.25) is 0 Å². The Labute approximate surface area is 253 Å². The van der Waals surface area contributed by atoms with Crippen molar-refractivity contribution in [1.82, 2.24) is 14.8 Å². The van der Waals surface area contributed by atoms with Crippen molar-refractivity contribution in [2.45, 2.75) is 31.4 Å². The smallest absolute Gasteiger partial charge is 0.406 e. The Kier molecular flexibility index (Phi) is 10.3. The molecule has 9 nitrogen and oxygen atoms in total. The van der Waals surface area contributed by atoms with E-state index < -0.39 is 40.7 Å². The maximum Gasteiger partial charge on any atom is 0.406 e. The van der Waals surface area contributed by atoms with E-state index in [1.807, 2.05) is 11.9 Å². The van der Waals surface area contributed by atoms with Crippen LogP contribution in [0.1, 0.15) is 22.5 Å². The molecule has 0 spiro atoms. The van der Waals surface area contributed by atoms with Gasteiger partial charge in [-0.2, -0.15) is 13.2 Å². The SMILES string of the molecule is COc1cc(C(=O)NCCS(C)(=O)=O)ccc1NCC#Cc1cc2c(N[C@@H]3CCN(C)C[C@@H]3F)cccc2n1CC(F)(F)F. The molecule has 1 fully saturated rings. The Morgan fingerprint density at radius 3 is 2.61 bits per heavy atom. The van der Waals surface area contributed by atoms with Gasteiger partial charge in [-0.25, -0.2) is 12.8 Å². The molecule has 0 aliphatic carbocycles. The fourth-order valence-corrected chi connectivity index (χ4v) is 5.46. The highest BCUT2D eigenvalue weighted by molar-refractivity contribution is 7.90. The first-order valence-electron chi connectivity index (χ1n) is 13.9. The molecule has 3 aromatic rings. The third kappa shape index (κ3) is 8.79. The number of sulfone groups is 1. The van der Waals surface area contributed by atoms with Crippen LogP contribution in [0, 0.1) is 11.8 Å². The predicted molar refractivity (Wildman–Crippen MR) is 163 cm³/mol. The second kappa shape index (κ2) is 13.8. The minimum atomic E-state index is -4.49. The van der Waals surface area contributed by atoms with Crippen LogP contribution in [0.2, 0.25) is 0 Å².